The van der Waals surface area contributed by atoms with Crippen LogP contribution >= 0.6 is 11.6 Å². The highest BCUT2D eigenvalue weighted by molar-refractivity contribution is 7.89. The molecule has 4 aliphatic rings. The summed E-state index contributed by atoms with van der Waals surface area (Å²) in [5, 5.41) is 16.0. The molecule has 0 bridgehead atoms. The number of carbonyl (C=O) groups is 2. The van der Waals surface area contributed by atoms with Crippen molar-refractivity contribution in [1.29, 1.82) is 5.26 Å². The molecule has 2 aromatic carbocycles. The molecular formula is C39H44ClN9O6S. The molecule has 8 rings (SSSR count). The minimum Gasteiger partial charge on any atom is -0.407 e. The van der Waals surface area contributed by atoms with E-state index >= 15 is 0 Å². The van der Waals surface area contributed by atoms with E-state index in [0.29, 0.717) is 65.2 Å². The zero-order valence-corrected chi connectivity index (χ0v) is 32.5. The van der Waals surface area contributed by atoms with Gasteiger partial charge in [0.05, 0.1) is 39.1 Å². The van der Waals surface area contributed by atoms with Crippen molar-refractivity contribution in [3.05, 3.63) is 75.5 Å². The lowest BCUT2D eigenvalue weighted by Gasteiger charge is -2.38. The first-order valence-corrected chi connectivity index (χ1v) is 21.1. The number of hydrogen-bond donors (Lipinski definition) is 2. The maximum Gasteiger partial charge on any atom is 0.420 e. The lowest BCUT2D eigenvalue weighted by molar-refractivity contribution is -0.135. The Morgan fingerprint density at radius 3 is 2.36 bits per heavy atom. The topological polar surface area (TPSA) is 187 Å². The number of anilines is 2. The van der Waals surface area contributed by atoms with Crippen LogP contribution in [0, 0.1) is 17.2 Å². The van der Waals surface area contributed by atoms with E-state index in [1.165, 1.54) is 21.3 Å². The van der Waals surface area contributed by atoms with Gasteiger partial charge in [-0.15, -0.1) is 0 Å². The van der Waals surface area contributed by atoms with E-state index in [-0.39, 0.29) is 35.6 Å². The third-order valence-corrected chi connectivity index (χ3v) is 13.9. The number of aromatic nitrogens is 3. The van der Waals surface area contributed by atoms with Crippen LogP contribution in [0.5, 0.6) is 0 Å². The smallest absolute Gasteiger partial charge is 0.407 e. The molecule has 2 amide bonds. The van der Waals surface area contributed by atoms with Gasteiger partial charge in [-0.3, -0.25) is 19.5 Å². The predicted molar refractivity (Wildman–Crippen MR) is 209 cm³/mol. The summed E-state index contributed by atoms with van der Waals surface area (Å²) < 4.78 is 36.3. The standard InChI is InChI=1S/C39H44ClN9O6S/c40-28-22-42-38(43-23-28)44-29-12-18-48(19-13-29)56(53,54)30-5-4-27(21-41)34(20-30)47-16-8-25(9-17-47)24-46-14-10-26(11-15-46)31-2-1-3-32-36(31)55-39(52)49(32)33-6-7-35(50)45-37(33)51/h1-5,20,22-23,25-26,29,33H,6-19,24H2,(H,42,43,44)(H,45,50,51). The van der Waals surface area contributed by atoms with Crippen LogP contribution in [0.25, 0.3) is 11.1 Å². The molecule has 6 heterocycles. The predicted octanol–water partition coefficient (Wildman–Crippen LogP) is 4.25. The first-order chi connectivity index (χ1) is 27.1. The van der Waals surface area contributed by atoms with Gasteiger partial charge in [0.15, 0.2) is 5.58 Å². The lowest BCUT2D eigenvalue weighted by Crippen LogP contribution is -2.43. The highest BCUT2D eigenvalue weighted by Crippen LogP contribution is 2.36. The Bertz CT molecular complexity index is 2320. The molecule has 1 unspecified atom stereocenters. The maximum atomic E-state index is 13.8. The summed E-state index contributed by atoms with van der Waals surface area (Å²) in [5.41, 5.74) is 3.20. The number of hydrogen-bond acceptors (Lipinski definition) is 12. The normalized spacial score (nSPS) is 21.3. The fourth-order valence-electron chi connectivity index (χ4n) is 8.76. The number of halogens is 1. The Morgan fingerprint density at radius 1 is 0.929 bits per heavy atom. The molecular weight excluding hydrogens is 758 g/mol. The van der Waals surface area contributed by atoms with Crippen molar-refractivity contribution in [2.24, 2.45) is 5.92 Å². The summed E-state index contributed by atoms with van der Waals surface area (Å²) in [6, 6.07) is 12.1. The average Bonchev–Trinajstić information content (AvgIpc) is 3.55. The van der Waals surface area contributed by atoms with Gasteiger partial charge in [0.1, 0.15) is 12.1 Å². The van der Waals surface area contributed by atoms with Crippen LogP contribution in [0.3, 0.4) is 0 Å². The zero-order valence-electron chi connectivity index (χ0n) is 30.9. The second-order valence-electron chi connectivity index (χ2n) is 15.2. The lowest BCUT2D eigenvalue weighted by atomic mass is 9.87. The highest BCUT2D eigenvalue weighted by Gasteiger charge is 2.34. The van der Waals surface area contributed by atoms with Crippen molar-refractivity contribution in [3.8, 4) is 6.07 Å². The summed E-state index contributed by atoms with van der Waals surface area (Å²) in [4.78, 5) is 50.5. The van der Waals surface area contributed by atoms with Crippen LogP contribution in [-0.2, 0) is 19.6 Å². The number of para-hydroxylation sites is 1. The minimum atomic E-state index is -3.76. The summed E-state index contributed by atoms with van der Waals surface area (Å²) >= 11 is 5.89. The van der Waals surface area contributed by atoms with Crippen molar-refractivity contribution >= 4 is 56.2 Å². The van der Waals surface area contributed by atoms with E-state index in [1.807, 2.05) is 12.1 Å². The SMILES string of the molecule is N#Cc1ccc(S(=O)(=O)N2CCC(Nc3ncc(Cl)cn3)CC2)cc1N1CCC(CN2CCC(c3cccc4c3oc(=O)n4C3CCC(=O)NC3=O)CC2)CC1. The fourth-order valence-corrected chi connectivity index (χ4v) is 10.3. The van der Waals surface area contributed by atoms with Gasteiger partial charge in [0.25, 0.3) is 0 Å². The minimum absolute atomic E-state index is 0.0397. The van der Waals surface area contributed by atoms with Crippen LogP contribution in [0.1, 0.15) is 74.5 Å². The molecule has 2 aromatic heterocycles. The molecule has 56 heavy (non-hydrogen) atoms. The van der Waals surface area contributed by atoms with Gasteiger partial charge in [-0.1, -0.05) is 23.7 Å². The first-order valence-electron chi connectivity index (χ1n) is 19.3. The Morgan fingerprint density at radius 2 is 1.66 bits per heavy atom. The van der Waals surface area contributed by atoms with E-state index in [2.05, 4.69) is 36.5 Å². The maximum absolute atomic E-state index is 13.8. The van der Waals surface area contributed by atoms with Crippen LogP contribution < -0.4 is 21.3 Å². The summed E-state index contributed by atoms with van der Waals surface area (Å²) in [5.74, 6) is -0.261. The third-order valence-electron chi connectivity index (χ3n) is 11.8. The second kappa shape index (κ2) is 16.0. The number of nitrogens with zero attached hydrogens (tertiary/aromatic N) is 7. The van der Waals surface area contributed by atoms with Crippen molar-refractivity contribution in [1.82, 2.24) is 29.1 Å². The number of imide groups is 1. The number of likely N-dealkylation sites (tertiary alicyclic amines) is 1. The number of carbonyl (C=O) groups excluding carboxylic acids is 2. The quantitative estimate of drug-likeness (QED) is 0.230. The van der Waals surface area contributed by atoms with E-state index in [9.17, 15) is 28.1 Å². The number of amides is 2. The molecule has 0 aliphatic carbocycles. The molecule has 0 saturated carbocycles. The molecule has 2 N–H and O–H groups in total. The van der Waals surface area contributed by atoms with Gasteiger partial charge in [-0.2, -0.15) is 9.57 Å². The summed E-state index contributed by atoms with van der Waals surface area (Å²) in [6.45, 7) is 4.94. The number of sulfonamides is 1. The van der Waals surface area contributed by atoms with Gasteiger partial charge >= 0.3 is 5.76 Å². The van der Waals surface area contributed by atoms with E-state index in [1.54, 1.807) is 24.3 Å². The highest BCUT2D eigenvalue weighted by atomic mass is 35.5. The molecule has 4 aromatic rings. The number of oxazole rings is 1. The molecule has 17 heteroatoms. The number of nitriles is 1. The number of benzene rings is 2. The average molecular weight is 802 g/mol. The van der Waals surface area contributed by atoms with Gasteiger partial charge < -0.3 is 19.5 Å². The number of rotatable bonds is 9. The molecule has 1 atom stereocenters. The van der Waals surface area contributed by atoms with Crippen molar-refractivity contribution in [2.75, 3.05) is 56.0 Å². The van der Waals surface area contributed by atoms with Crippen LogP contribution in [0.2, 0.25) is 5.02 Å². The summed E-state index contributed by atoms with van der Waals surface area (Å²) in [7, 11) is -3.76. The van der Waals surface area contributed by atoms with Crippen molar-refractivity contribution in [3.63, 3.8) is 0 Å². The fraction of sp³-hybridized carbons (Fsp3) is 0.487. The first kappa shape index (κ1) is 38.1. The van der Waals surface area contributed by atoms with Crippen LogP contribution in [0.15, 0.2) is 62.9 Å². The largest absolute Gasteiger partial charge is 0.420 e. The third kappa shape index (κ3) is 7.77. The molecule has 0 radical (unpaired) electrons. The van der Waals surface area contributed by atoms with E-state index in [4.69, 9.17) is 16.0 Å². The molecule has 15 nitrogen and oxygen atoms in total. The van der Waals surface area contributed by atoms with Crippen molar-refractivity contribution < 1.29 is 22.4 Å². The Balaban J connectivity index is 0.853. The number of piperidine rings is 4. The molecule has 4 saturated heterocycles. The zero-order chi connectivity index (χ0) is 39.0. The second-order valence-corrected chi connectivity index (χ2v) is 17.6. The van der Waals surface area contributed by atoms with Crippen LogP contribution in [-0.4, -0.2) is 95.8 Å². The number of nitrogens with one attached hydrogen (secondary N) is 2. The summed E-state index contributed by atoms with van der Waals surface area (Å²) in [6.07, 6.45) is 8.36. The van der Waals surface area contributed by atoms with Gasteiger partial charge in [0.2, 0.25) is 27.8 Å². The molecule has 294 valence electrons. The Kier molecular flexibility index (Phi) is 10.9. The Labute approximate surface area is 329 Å². The number of fused-ring (bicyclic) bond motifs is 1. The van der Waals surface area contributed by atoms with Gasteiger partial charge in [-0.05, 0) is 94.1 Å². The Hall–Kier alpha value is -4.82. The molecule has 0 spiro atoms. The van der Waals surface area contributed by atoms with Crippen LogP contribution in [0.4, 0.5) is 11.6 Å². The van der Waals surface area contributed by atoms with E-state index < -0.39 is 27.7 Å². The molecule has 4 aliphatic heterocycles. The van der Waals surface area contributed by atoms with Gasteiger partial charge in [-0.25, -0.2) is 23.2 Å². The molecule has 4 fully saturated rings. The van der Waals surface area contributed by atoms with Crippen molar-refractivity contribution in [2.45, 2.75) is 74.3 Å². The van der Waals surface area contributed by atoms with Gasteiger partial charge in [0, 0.05) is 50.7 Å². The van der Waals surface area contributed by atoms with E-state index in [0.717, 1.165) is 64.0 Å². The monoisotopic (exact) mass is 801 g/mol.